The Morgan fingerprint density at radius 1 is 1.10 bits per heavy atom. The summed E-state index contributed by atoms with van der Waals surface area (Å²) >= 11 is 0. The summed E-state index contributed by atoms with van der Waals surface area (Å²) in [6.45, 7) is 3.61. The number of aryl methyl sites for hydroxylation is 2. The van der Waals surface area contributed by atoms with Crippen LogP contribution in [0.25, 0.3) is 11.1 Å². The van der Waals surface area contributed by atoms with Gasteiger partial charge in [-0.3, -0.25) is 9.36 Å². The van der Waals surface area contributed by atoms with Crippen LogP contribution in [-0.2, 0) is 22.7 Å². The minimum atomic E-state index is -4.43. The van der Waals surface area contributed by atoms with Gasteiger partial charge in [-0.25, -0.2) is 13.4 Å². The lowest BCUT2D eigenvalue weighted by Crippen LogP contribution is -2.35. The van der Waals surface area contributed by atoms with Crippen molar-refractivity contribution in [3.05, 3.63) is 99.6 Å². The van der Waals surface area contributed by atoms with E-state index in [0.717, 1.165) is 36.8 Å². The smallest absolute Gasteiger partial charge is 0.277 e. The molecule has 0 bridgehead atoms. The van der Waals surface area contributed by atoms with Gasteiger partial charge in [0, 0.05) is 18.2 Å². The summed E-state index contributed by atoms with van der Waals surface area (Å²) in [6, 6.07) is 14.9. The van der Waals surface area contributed by atoms with Gasteiger partial charge in [0.2, 0.25) is 21.7 Å². The van der Waals surface area contributed by atoms with Crippen LogP contribution in [0, 0.1) is 12.9 Å². The first kappa shape index (κ1) is 26.7. The van der Waals surface area contributed by atoms with E-state index in [4.69, 9.17) is 0 Å². The number of aromatic nitrogens is 3. The zero-order valence-electron chi connectivity index (χ0n) is 21.9. The highest BCUT2D eigenvalue weighted by Crippen LogP contribution is 2.35. The Hall–Kier alpha value is -3.85. The van der Waals surface area contributed by atoms with Crippen LogP contribution in [0.15, 0.2) is 75.4 Å². The minimum absolute atomic E-state index is 0.162. The number of nitrogens with zero attached hydrogens (tertiary/aromatic N) is 3. The number of sulfone groups is 1. The Kier molecular flexibility index (Phi) is 7.36. The molecule has 0 radical (unpaired) electrons. The molecule has 1 N–H and O–H groups in total. The van der Waals surface area contributed by atoms with Crippen LogP contribution in [0.1, 0.15) is 61.2 Å². The number of unbranched alkanes of at least 4 members (excludes halogenated alkanes) is 1. The molecular formula is C30H30FN3O4S. The van der Waals surface area contributed by atoms with Gasteiger partial charge in [-0.1, -0.05) is 49.7 Å². The zero-order chi connectivity index (χ0) is 27.7. The highest BCUT2D eigenvalue weighted by atomic mass is 32.2. The molecule has 0 amide bonds. The van der Waals surface area contributed by atoms with E-state index in [1.165, 1.54) is 22.9 Å². The molecule has 7 nitrogen and oxygen atoms in total. The van der Waals surface area contributed by atoms with Crippen molar-refractivity contribution in [1.82, 2.24) is 14.5 Å². The van der Waals surface area contributed by atoms with Gasteiger partial charge in [0.25, 0.3) is 5.56 Å². The molecule has 0 fully saturated rings. The second-order valence-electron chi connectivity index (χ2n) is 9.87. The summed E-state index contributed by atoms with van der Waals surface area (Å²) < 4.78 is 43.0. The molecule has 0 saturated carbocycles. The number of rotatable bonds is 7. The molecule has 2 heterocycles. The summed E-state index contributed by atoms with van der Waals surface area (Å²) in [6.07, 6.45) is 5.77. The largest absolute Gasteiger partial charge is 0.492 e. The van der Waals surface area contributed by atoms with Crippen LogP contribution >= 0.6 is 0 Å². The van der Waals surface area contributed by atoms with Gasteiger partial charge < -0.3 is 5.11 Å². The third-order valence-electron chi connectivity index (χ3n) is 7.42. The minimum Gasteiger partial charge on any atom is -0.492 e. The normalized spacial score (nSPS) is 15.2. The Morgan fingerprint density at radius 2 is 1.85 bits per heavy atom. The number of fused-ring (bicyclic) bond motifs is 1. The van der Waals surface area contributed by atoms with Crippen molar-refractivity contribution < 1.29 is 17.9 Å². The average molecular weight is 548 g/mol. The van der Waals surface area contributed by atoms with Crippen molar-refractivity contribution in [2.24, 2.45) is 0 Å². The van der Waals surface area contributed by atoms with Crippen molar-refractivity contribution in [2.45, 2.75) is 68.2 Å². The number of hydrogen-bond acceptors (Lipinski definition) is 6. The first-order valence-corrected chi connectivity index (χ1v) is 14.6. The van der Waals surface area contributed by atoms with Gasteiger partial charge in [0.05, 0.1) is 10.9 Å². The standard InChI is InChI=1S/C30H30FN3O4S/c1-3-4-12-26-33-29(35)27(30(36)34(26)25-11-7-9-20-8-5-6-10-24(20)25)39(37,38)22-15-13-21(14-16-22)23-17-18-32-28(31)19(23)2/h5-6,8,10,13-18,25,35H,3-4,7,9,11-12H2,1-2H3/t25-/m0/s1. The lowest BCUT2D eigenvalue weighted by atomic mass is 9.87. The lowest BCUT2D eigenvalue weighted by molar-refractivity contribution is 0.396. The number of benzene rings is 2. The maximum atomic E-state index is 14.0. The molecule has 2 aromatic heterocycles. The van der Waals surface area contributed by atoms with E-state index in [2.05, 4.69) is 9.97 Å². The van der Waals surface area contributed by atoms with Crippen molar-refractivity contribution in [2.75, 3.05) is 0 Å². The predicted octanol–water partition coefficient (Wildman–Crippen LogP) is 5.56. The molecule has 0 unspecified atom stereocenters. The monoisotopic (exact) mass is 547 g/mol. The van der Waals surface area contributed by atoms with E-state index < -0.39 is 32.1 Å². The topological polar surface area (TPSA) is 102 Å². The Balaban J connectivity index is 1.64. The van der Waals surface area contributed by atoms with Crippen molar-refractivity contribution in [3.63, 3.8) is 0 Å². The quantitative estimate of drug-likeness (QED) is 0.304. The second kappa shape index (κ2) is 10.7. The molecule has 9 heteroatoms. The SMILES string of the molecule is CCCCc1nc(O)c(S(=O)(=O)c2ccc(-c3ccnc(F)c3C)cc2)c(=O)n1[C@H]1CCCc2ccccc21. The molecule has 1 atom stereocenters. The first-order chi connectivity index (χ1) is 18.7. The van der Waals surface area contributed by atoms with Crippen LogP contribution < -0.4 is 5.56 Å². The fourth-order valence-corrected chi connectivity index (χ4v) is 6.71. The molecule has 2 aromatic carbocycles. The van der Waals surface area contributed by atoms with Gasteiger partial charge in [-0.05, 0) is 73.1 Å². The highest BCUT2D eigenvalue weighted by molar-refractivity contribution is 7.91. The molecule has 0 aliphatic heterocycles. The molecule has 1 aliphatic rings. The molecule has 4 aromatic rings. The summed E-state index contributed by atoms with van der Waals surface area (Å²) in [5.74, 6) is -1.01. The molecule has 0 spiro atoms. The number of aromatic hydroxyl groups is 1. The summed E-state index contributed by atoms with van der Waals surface area (Å²) in [7, 11) is -4.43. The maximum Gasteiger partial charge on any atom is 0.277 e. The summed E-state index contributed by atoms with van der Waals surface area (Å²) in [5.41, 5.74) is 2.84. The third-order valence-corrected chi connectivity index (χ3v) is 9.21. The Bertz CT molecular complexity index is 1700. The van der Waals surface area contributed by atoms with E-state index in [9.17, 15) is 22.7 Å². The predicted molar refractivity (Wildman–Crippen MR) is 146 cm³/mol. The van der Waals surface area contributed by atoms with Crippen molar-refractivity contribution in [1.29, 1.82) is 0 Å². The fraction of sp³-hybridized carbons (Fsp3) is 0.300. The molecular weight excluding hydrogens is 517 g/mol. The van der Waals surface area contributed by atoms with Crippen LogP contribution in [0.3, 0.4) is 0 Å². The average Bonchev–Trinajstić information content (AvgIpc) is 2.93. The van der Waals surface area contributed by atoms with E-state index in [0.29, 0.717) is 35.4 Å². The summed E-state index contributed by atoms with van der Waals surface area (Å²) in [4.78, 5) is 21.0. The van der Waals surface area contributed by atoms with Gasteiger partial charge in [0.1, 0.15) is 5.82 Å². The van der Waals surface area contributed by atoms with Crippen molar-refractivity contribution >= 4 is 9.84 Å². The lowest BCUT2D eigenvalue weighted by Gasteiger charge is -2.29. The molecule has 0 saturated heterocycles. The van der Waals surface area contributed by atoms with Crippen LogP contribution in [0.2, 0.25) is 0 Å². The van der Waals surface area contributed by atoms with Crippen molar-refractivity contribution in [3.8, 4) is 17.0 Å². The van der Waals surface area contributed by atoms with Gasteiger partial charge in [0.15, 0.2) is 4.90 Å². The van der Waals surface area contributed by atoms with E-state index in [-0.39, 0.29) is 10.9 Å². The zero-order valence-corrected chi connectivity index (χ0v) is 22.7. The second-order valence-corrected chi connectivity index (χ2v) is 11.8. The maximum absolute atomic E-state index is 14.0. The molecule has 39 heavy (non-hydrogen) atoms. The van der Waals surface area contributed by atoms with E-state index in [1.807, 2.05) is 31.2 Å². The molecule has 5 rings (SSSR count). The van der Waals surface area contributed by atoms with Gasteiger partial charge in [-0.2, -0.15) is 9.37 Å². The number of halogens is 1. The Labute approximate surface area is 226 Å². The van der Waals surface area contributed by atoms with E-state index in [1.54, 1.807) is 25.1 Å². The Morgan fingerprint density at radius 3 is 2.59 bits per heavy atom. The third kappa shape index (κ3) is 4.87. The number of pyridine rings is 1. The summed E-state index contributed by atoms with van der Waals surface area (Å²) in [5, 5.41) is 10.8. The number of hydrogen-bond donors (Lipinski definition) is 1. The van der Waals surface area contributed by atoms with E-state index >= 15 is 0 Å². The fourth-order valence-electron chi connectivity index (χ4n) is 5.37. The molecule has 1 aliphatic carbocycles. The molecule has 202 valence electrons. The highest BCUT2D eigenvalue weighted by Gasteiger charge is 2.33. The first-order valence-electron chi connectivity index (χ1n) is 13.1. The van der Waals surface area contributed by atoms with Gasteiger partial charge >= 0.3 is 0 Å². The van der Waals surface area contributed by atoms with Crippen LogP contribution in [-0.4, -0.2) is 28.1 Å². The van der Waals surface area contributed by atoms with Crippen LogP contribution in [0.4, 0.5) is 4.39 Å². The van der Waals surface area contributed by atoms with Gasteiger partial charge in [-0.15, -0.1) is 0 Å². The van der Waals surface area contributed by atoms with Crippen LogP contribution in [0.5, 0.6) is 5.88 Å².